The minimum atomic E-state index is 0.698. The van der Waals surface area contributed by atoms with Crippen molar-refractivity contribution in [1.29, 1.82) is 0 Å². The highest BCUT2D eigenvalue weighted by molar-refractivity contribution is 5.22. The Labute approximate surface area is 120 Å². The largest absolute Gasteiger partial charge is 0.381 e. The van der Waals surface area contributed by atoms with Crippen molar-refractivity contribution in [3.05, 3.63) is 47.0 Å². The van der Waals surface area contributed by atoms with Gasteiger partial charge in [-0.3, -0.25) is 0 Å². The van der Waals surface area contributed by atoms with Gasteiger partial charge in [0.2, 0.25) is 0 Å². The first-order chi connectivity index (χ1) is 9.72. The summed E-state index contributed by atoms with van der Waals surface area (Å²) in [5.41, 5.74) is 2.62. The molecule has 0 N–H and O–H groups in total. The van der Waals surface area contributed by atoms with Gasteiger partial charge in [0.1, 0.15) is 11.6 Å². The lowest BCUT2D eigenvalue weighted by Gasteiger charge is -2.07. The van der Waals surface area contributed by atoms with E-state index in [1.54, 1.807) is 0 Å². The number of nitrogens with zero attached hydrogens (tertiary/aromatic N) is 3. The molecule has 0 radical (unpaired) electrons. The molecule has 0 fully saturated rings. The van der Waals surface area contributed by atoms with Crippen LogP contribution in [0.15, 0.2) is 24.3 Å². The van der Waals surface area contributed by atoms with Gasteiger partial charge in [-0.05, 0) is 31.4 Å². The van der Waals surface area contributed by atoms with Crippen molar-refractivity contribution in [2.24, 2.45) is 0 Å². The van der Waals surface area contributed by atoms with Crippen LogP contribution >= 0.6 is 0 Å². The number of hydrogen-bond donors (Lipinski definition) is 0. The number of rotatable bonds is 7. The second-order valence-corrected chi connectivity index (χ2v) is 4.85. The minimum absolute atomic E-state index is 0.698. The smallest absolute Gasteiger partial charge is 0.147 e. The normalized spacial score (nSPS) is 10.9. The van der Waals surface area contributed by atoms with Crippen molar-refractivity contribution in [2.45, 2.75) is 40.2 Å². The molecule has 1 aromatic heterocycles. The summed E-state index contributed by atoms with van der Waals surface area (Å²) >= 11 is 0. The molecular formula is C16H23N3O. The molecule has 2 rings (SSSR count). The van der Waals surface area contributed by atoms with Crippen molar-refractivity contribution in [3.63, 3.8) is 0 Å². The lowest BCUT2D eigenvalue weighted by Crippen LogP contribution is -2.10. The number of aromatic nitrogens is 3. The quantitative estimate of drug-likeness (QED) is 0.728. The minimum Gasteiger partial charge on any atom is -0.381 e. The molecule has 4 heteroatoms. The lowest BCUT2D eigenvalue weighted by molar-refractivity contribution is 0.148. The third-order valence-electron chi connectivity index (χ3n) is 3.29. The topological polar surface area (TPSA) is 39.9 Å². The Morgan fingerprint density at radius 3 is 2.45 bits per heavy atom. The second-order valence-electron chi connectivity index (χ2n) is 4.85. The van der Waals surface area contributed by atoms with E-state index in [0.717, 1.165) is 37.6 Å². The van der Waals surface area contributed by atoms with E-state index in [0.29, 0.717) is 6.61 Å². The molecule has 2 aromatic rings. The van der Waals surface area contributed by atoms with Crippen LogP contribution < -0.4 is 0 Å². The highest BCUT2D eigenvalue weighted by Crippen LogP contribution is 2.09. The van der Waals surface area contributed by atoms with E-state index in [2.05, 4.69) is 41.3 Å². The molecule has 0 saturated carbocycles. The van der Waals surface area contributed by atoms with Gasteiger partial charge in [-0.25, -0.2) is 9.67 Å². The summed E-state index contributed by atoms with van der Waals surface area (Å²) in [6.07, 6.45) is 1.88. The highest BCUT2D eigenvalue weighted by Gasteiger charge is 2.08. The molecule has 0 spiro atoms. The Balaban J connectivity index is 2.07. The Morgan fingerprint density at radius 2 is 1.80 bits per heavy atom. The molecule has 0 saturated heterocycles. The van der Waals surface area contributed by atoms with Crippen LogP contribution in [0.25, 0.3) is 0 Å². The average molecular weight is 273 g/mol. The maximum atomic E-state index is 5.40. The first-order valence-corrected chi connectivity index (χ1v) is 7.28. The van der Waals surface area contributed by atoms with Crippen LogP contribution in [-0.4, -0.2) is 28.0 Å². The molecule has 0 aliphatic heterocycles. The maximum Gasteiger partial charge on any atom is 0.147 e. The predicted molar refractivity (Wildman–Crippen MR) is 79.9 cm³/mol. The Kier molecular flexibility index (Phi) is 5.30. The van der Waals surface area contributed by atoms with Crippen molar-refractivity contribution in [1.82, 2.24) is 14.8 Å². The Morgan fingerprint density at radius 1 is 1.10 bits per heavy atom. The summed E-state index contributed by atoms with van der Waals surface area (Å²) in [6, 6.07) is 8.70. The fraction of sp³-hybridized carbons (Fsp3) is 0.500. The SMILES string of the molecule is CCOCCc1nc(C)nn1Cc1ccc(CC)cc1. The molecule has 0 atom stereocenters. The summed E-state index contributed by atoms with van der Waals surface area (Å²) in [5.74, 6) is 1.82. The van der Waals surface area contributed by atoms with Gasteiger partial charge in [0, 0.05) is 13.0 Å². The highest BCUT2D eigenvalue weighted by atomic mass is 16.5. The zero-order valence-electron chi connectivity index (χ0n) is 12.6. The van der Waals surface area contributed by atoms with Crippen LogP contribution in [0, 0.1) is 6.92 Å². The summed E-state index contributed by atoms with van der Waals surface area (Å²) in [5, 5.41) is 4.48. The molecule has 0 amide bonds. The van der Waals surface area contributed by atoms with Gasteiger partial charge in [0.25, 0.3) is 0 Å². The molecule has 0 bridgehead atoms. The average Bonchev–Trinajstić information content (AvgIpc) is 2.80. The summed E-state index contributed by atoms with van der Waals surface area (Å²) < 4.78 is 7.38. The first kappa shape index (κ1) is 14.7. The molecule has 0 aliphatic rings. The monoisotopic (exact) mass is 273 g/mol. The number of benzene rings is 1. The molecular weight excluding hydrogens is 250 g/mol. The second kappa shape index (κ2) is 7.20. The van der Waals surface area contributed by atoms with Gasteiger partial charge in [-0.1, -0.05) is 31.2 Å². The molecule has 0 aliphatic carbocycles. The van der Waals surface area contributed by atoms with E-state index in [-0.39, 0.29) is 0 Å². The van der Waals surface area contributed by atoms with Crippen LogP contribution in [0.4, 0.5) is 0 Å². The number of hydrogen-bond acceptors (Lipinski definition) is 3. The first-order valence-electron chi connectivity index (χ1n) is 7.28. The van der Waals surface area contributed by atoms with Gasteiger partial charge in [-0.15, -0.1) is 0 Å². The molecule has 1 aromatic carbocycles. The fourth-order valence-corrected chi connectivity index (χ4v) is 2.17. The molecule has 0 unspecified atom stereocenters. The van der Waals surface area contributed by atoms with Gasteiger partial charge in [0.05, 0.1) is 13.2 Å². The fourth-order valence-electron chi connectivity index (χ4n) is 2.17. The predicted octanol–water partition coefficient (Wildman–Crippen LogP) is 2.78. The molecule has 108 valence electrons. The lowest BCUT2D eigenvalue weighted by atomic mass is 10.1. The van der Waals surface area contributed by atoms with Crippen molar-refractivity contribution >= 4 is 0 Å². The van der Waals surface area contributed by atoms with Gasteiger partial charge < -0.3 is 4.74 Å². The number of aryl methyl sites for hydroxylation is 2. The van der Waals surface area contributed by atoms with Crippen molar-refractivity contribution in [3.8, 4) is 0 Å². The summed E-state index contributed by atoms with van der Waals surface area (Å²) in [7, 11) is 0. The molecule has 1 heterocycles. The van der Waals surface area contributed by atoms with Crippen LogP contribution in [0.2, 0.25) is 0 Å². The van der Waals surface area contributed by atoms with Crippen molar-refractivity contribution in [2.75, 3.05) is 13.2 Å². The van der Waals surface area contributed by atoms with Gasteiger partial charge in [0.15, 0.2) is 0 Å². The van der Waals surface area contributed by atoms with E-state index in [1.807, 2.05) is 18.5 Å². The van der Waals surface area contributed by atoms with Crippen LogP contribution in [0.5, 0.6) is 0 Å². The van der Waals surface area contributed by atoms with Crippen LogP contribution in [0.1, 0.15) is 36.6 Å². The Bertz CT molecular complexity index is 531. The zero-order chi connectivity index (χ0) is 14.4. The van der Waals surface area contributed by atoms with Gasteiger partial charge >= 0.3 is 0 Å². The van der Waals surface area contributed by atoms with Crippen LogP contribution in [-0.2, 0) is 24.1 Å². The molecule has 20 heavy (non-hydrogen) atoms. The molecule has 4 nitrogen and oxygen atoms in total. The Hall–Kier alpha value is -1.68. The van der Waals surface area contributed by atoms with Crippen molar-refractivity contribution < 1.29 is 4.74 Å². The van der Waals surface area contributed by atoms with E-state index < -0.39 is 0 Å². The summed E-state index contributed by atoms with van der Waals surface area (Å²) in [6.45, 7) is 8.31. The van der Waals surface area contributed by atoms with E-state index in [9.17, 15) is 0 Å². The van der Waals surface area contributed by atoms with Gasteiger partial charge in [-0.2, -0.15) is 5.10 Å². The third-order valence-corrected chi connectivity index (χ3v) is 3.29. The third kappa shape index (κ3) is 3.90. The number of ether oxygens (including phenoxy) is 1. The summed E-state index contributed by atoms with van der Waals surface area (Å²) in [4.78, 5) is 4.48. The van der Waals surface area contributed by atoms with Crippen LogP contribution in [0.3, 0.4) is 0 Å². The zero-order valence-corrected chi connectivity index (χ0v) is 12.6. The maximum absolute atomic E-state index is 5.40. The van der Waals surface area contributed by atoms with E-state index in [4.69, 9.17) is 4.74 Å². The van der Waals surface area contributed by atoms with E-state index >= 15 is 0 Å². The van der Waals surface area contributed by atoms with E-state index in [1.165, 1.54) is 11.1 Å². The standard InChI is InChI=1S/C16H23N3O/c1-4-14-6-8-15(9-7-14)12-19-16(10-11-20-5-2)17-13(3)18-19/h6-9H,4-5,10-12H2,1-3H3.